The number of aliphatic hydroxyl groups is 1. The van der Waals surface area contributed by atoms with Gasteiger partial charge in [-0.25, -0.2) is 0 Å². The van der Waals surface area contributed by atoms with E-state index in [0.29, 0.717) is 24.5 Å². The lowest BCUT2D eigenvalue weighted by Crippen LogP contribution is -2.51. The molecule has 1 unspecified atom stereocenters. The average molecular weight is 296 g/mol. The lowest BCUT2D eigenvalue weighted by atomic mass is 9.93. The summed E-state index contributed by atoms with van der Waals surface area (Å²) in [5, 5.41) is 9.32. The summed E-state index contributed by atoms with van der Waals surface area (Å²) in [4.78, 5) is 17.2. The molecule has 122 valence electrons. The van der Waals surface area contributed by atoms with Gasteiger partial charge in [-0.05, 0) is 52.0 Å². The van der Waals surface area contributed by atoms with Crippen molar-refractivity contribution >= 4 is 5.91 Å². The normalized spacial score (nSPS) is 25.2. The Bertz CT molecular complexity index is 327. The summed E-state index contributed by atoms with van der Waals surface area (Å²) in [6, 6.07) is 0.740. The van der Waals surface area contributed by atoms with Crippen LogP contribution in [-0.2, 0) is 4.79 Å². The van der Waals surface area contributed by atoms with E-state index >= 15 is 0 Å². The minimum atomic E-state index is 0.251. The summed E-state index contributed by atoms with van der Waals surface area (Å²) < 4.78 is 0. The lowest BCUT2D eigenvalue weighted by molar-refractivity contribution is -0.138. The van der Waals surface area contributed by atoms with Crippen LogP contribution in [0.4, 0.5) is 0 Å². The van der Waals surface area contributed by atoms with Gasteiger partial charge in [-0.1, -0.05) is 19.3 Å². The minimum Gasteiger partial charge on any atom is -0.396 e. The molecule has 1 aliphatic carbocycles. The molecule has 2 rings (SSSR count). The Morgan fingerprint density at radius 3 is 2.52 bits per heavy atom. The van der Waals surface area contributed by atoms with Crippen molar-refractivity contribution in [3.8, 4) is 0 Å². The minimum absolute atomic E-state index is 0.251. The van der Waals surface area contributed by atoms with E-state index in [0.717, 1.165) is 25.9 Å². The van der Waals surface area contributed by atoms with Crippen molar-refractivity contribution in [3.05, 3.63) is 0 Å². The molecular weight excluding hydrogens is 264 g/mol. The molecule has 21 heavy (non-hydrogen) atoms. The fourth-order valence-corrected chi connectivity index (χ4v) is 3.99. The molecule has 1 heterocycles. The van der Waals surface area contributed by atoms with Gasteiger partial charge in [-0.2, -0.15) is 0 Å². The number of hydrogen-bond donors (Lipinski definition) is 1. The molecule has 1 N–H and O–H groups in total. The number of rotatable bonds is 5. The van der Waals surface area contributed by atoms with Gasteiger partial charge in [0.05, 0.1) is 6.54 Å². The van der Waals surface area contributed by atoms with E-state index in [1.807, 2.05) is 0 Å². The van der Waals surface area contributed by atoms with E-state index in [9.17, 15) is 9.90 Å². The van der Waals surface area contributed by atoms with E-state index in [1.165, 1.54) is 32.1 Å². The van der Waals surface area contributed by atoms with Crippen LogP contribution in [0.3, 0.4) is 0 Å². The first-order valence-electron chi connectivity index (χ1n) is 8.76. The first kappa shape index (κ1) is 16.8. The Labute approximate surface area is 129 Å². The largest absolute Gasteiger partial charge is 0.396 e. The molecule has 2 fully saturated rings. The molecular formula is C17H32N2O2. The number of nitrogens with zero attached hydrogens (tertiary/aromatic N) is 2. The molecule has 4 nitrogen and oxygen atoms in total. The topological polar surface area (TPSA) is 43.8 Å². The van der Waals surface area contributed by atoms with Crippen molar-refractivity contribution in [1.29, 1.82) is 0 Å². The van der Waals surface area contributed by atoms with Crippen molar-refractivity contribution < 1.29 is 9.90 Å². The smallest absolute Gasteiger partial charge is 0.237 e. The summed E-state index contributed by atoms with van der Waals surface area (Å²) in [5.74, 6) is 0.643. The van der Waals surface area contributed by atoms with E-state index < -0.39 is 0 Å². The van der Waals surface area contributed by atoms with Crippen molar-refractivity contribution in [3.63, 3.8) is 0 Å². The Hall–Kier alpha value is -0.610. The second-order valence-electron chi connectivity index (χ2n) is 7.11. The van der Waals surface area contributed by atoms with Crippen molar-refractivity contribution in [2.45, 2.75) is 70.9 Å². The van der Waals surface area contributed by atoms with E-state index in [1.54, 1.807) is 0 Å². The third kappa shape index (κ3) is 4.68. The second-order valence-corrected chi connectivity index (χ2v) is 7.11. The summed E-state index contributed by atoms with van der Waals surface area (Å²) in [7, 11) is 0. The van der Waals surface area contributed by atoms with Crippen LogP contribution >= 0.6 is 0 Å². The Balaban J connectivity index is 1.91. The van der Waals surface area contributed by atoms with Gasteiger partial charge in [0.1, 0.15) is 0 Å². The Kier molecular flexibility index (Phi) is 6.49. The zero-order valence-corrected chi connectivity index (χ0v) is 13.8. The second kappa shape index (κ2) is 8.14. The van der Waals surface area contributed by atoms with Gasteiger partial charge in [0, 0.05) is 25.2 Å². The number of carbonyl (C=O) groups excluding carboxylic acids is 1. The van der Waals surface area contributed by atoms with Crippen LogP contribution in [0.15, 0.2) is 0 Å². The van der Waals surface area contributed by atoms with Gasteiger partial charge >= 0.3 is 0 Å². The highest BCUT2D eigenvalue weighted by Crippen LogP contribution is 2.25. The Morgan fingerprint density at radius 2 is 1.90 bits per heavy atom. The fourth-order valence-electron chi connectivity index (χ4n) is 3.99. The molecule has 0 aromatic heterocycles. The molecule has 1 atom stereocenters. The highest BCUT2D eigenvalue weighted by Gasteiger charge is 2.29. The lowest BCUT2D eigenvalue weighted by Gasteiger charge is -2.39. The molecule has 2 aliphatic rings. The number of likely N-dealkylation sites (tertiary alicyclic amines) is 1. The zero-order chi connectivity index (χ0) is 15.2. The summed E-state index contributed by atoms with van der Waals surface area (Å²) >= 11 is 0. The summed E-state index contributed by atoms with van der Waals surface area (Å²) in [6.45, 7) is 6.93. The van der Waals surface area contributed by atoms with Crippen LogP contribution in [0.1, 0.15) is 58.8 Å². The maximum Gasteiger partial charge on any atom is 0.237 e. The molecule has 4 heteroatoms. The monoisotopic (exact) mass is 296 g/mol. The summed E-state index contributed by atoms with van der Waals surface area (Å²) in [6.07, 6.45) is 8.38. The third-order valence-corrected chi connectivity index (χ3v) is 5.03. The van der Waals surface area contributed by atoms with Crippen LogP contribution in [0.25, 0.3) is 0 Å². The maximum absolute atomic E-state index is 12.8. The zero-order valence-electron chi connectivity index (χ0n) is 13.8. The van der Waals surface area contributed by atoms with Gasteiger partial charge in [0.2, 0.25) is 5.91 Å². The number of carbonyl (C=O) groups is 1. The Morgan fingerprint density at radius 1 is 1.19 bits per heavy atom. The van der Waals surface area contributed by atoms with Gasteiger partial charge in [0.25, 0.3) is 0 Å². The SMILES string of the molecule is CC(C)N(C(=O)CN1CCCC(CO)C1)C1CCCCC1. The predicted molar refractivity (Wildman–Crippen MR) is 85.1 cm³/mol. The maximum atomic E-state index is 12.8. The quantitative estimate of drug-likeness (QED) is 0.846. The molecule has 1 aliphatic heterocycles. The van der Waals surface area contributed by atoms with Gasteiger partial charge < -0.3 is 10.0 Å². The number of aliphatic hydroxyl groups excluding tert-OH is 1. The molecule has 0 spiro atoms. The average Bonchev–Trinajstić information content (AvgIpc) is 2.48. The molecule has 0 radical (unpaired) electrons. The molecule has 1 saturated heterocycles. The first-order valence-corrected chi connectivity index (χ1v) is 8.76. The van der Waals surface area contributed by atoms with Crippen molar-refractivity contribution in [2.75, 3.05) is 26.2 Å². The third-order valence-electron chi connectivity index (χ3n) is 5.03. The highest BCUT2D eigenvalue weighted by atomic mass is 16.3. The van der Waals surface area contributed by atoms with Crippen LogP contribution in [0, 0.1) is 5.92 Å². The number of amides is 1. The molecule has 0 bridgehead atoms. The standard InChI is InChI=1S/C17H32N2O2/c1-14(2)19(16-8-4-3-5-9-16)17(21)12-18-10-6-7-15(11-18)13-20/h14-16,20H,3-13H2,1-2H3. The molecule has 1 amide bonds. The van der Waals surface area contributed by atoms with Gasteiger partial charge in [-0.15, -0.1) is 0 Å². The van der Waals surface area contributed by atoms with Crippen LogP contribution < -0.4 is 0 Å². The van der Waals surface area contributed by atoms with Crippen LogP contribution in [0.2, 0.25) is 0 Å². The summed E-state index contributed by atoms with van der Waals surface area (Å²) in [5.41, 5.74) is 0. The predicted octanol–water partition coefficient (Wildman–Crippen LogP) is 2.26. The van der Waals surface area contributed by atoms with Crippen LogP contribution in [-0.4, -0.2) is 59.1 Å². The van der Waals surface area contributed by atoms with Crippen molar-refractivity contribution in [1.82, 2.24) is 9.80 Å². The number of hydrogen-bond acceptors (Lipinski definition) is 3. The van der Waals surface area contributed by atoms with Crippen molar-refractivity contribution in [2.24, 2.45) is 5.92 Å². The number of piperidine rings is 1. The highest BCUT2D eigenvalue weighted by molar-refractivity contribution is 5.79. The molecule has 0 aromatic carbocycles. The fraction of sp³-hybridized carbons (Fsp3) is 0.941. The van der Waals surface area contributed by atoms with E-state index in [-0.39, 0.29) is 12.5 Å². The van der Waals surface area contributed by atoms with E-state index in [4.69, 9.17) is 0 Å². The molecule has 1 saturated carbocycles. The first-order chi connectivity index (χ1) is 10.1. The molecule has 0 aromatic rings. The van der Waals surface area contributed by atoms with Crippen LogP contribution in [0.5, 0.6) is 0 Å². The van der Waals surface area contributed by atoms with E-state index in [2.05, 4.69) is 23.6 Å². The van der Waals surface area contributed by atoms with Gasteiger partial charge in [0.15, 0.2) is 0 Å². The van der Waals surface area contributed by atoms with Gasteiger partial charge in [-0.3, -0.25) is 9.69 Å².